The third kappa shape index (κ3) is 5.04. The van der Waals surface area contributed by atoms with Gasteiger partial charge in [0.05, 0.1) is 11.5 Å². The monoisotopic (exact) mass is 414 g/mol. The predicted molar refractivity (Wildman–Crippen MR) is 111 cm³/mol. The summed E-state index contributed by atoms with van der Waals surface area (Å²) in [7, 11) is 0. The van der Waals surface area contributed by atoms with Gasteiger partial charge in [0.15, 0.2) is 0 Å². The Labute approximate surface area is 175 Å². The highest BCUT2D eigenvalue weighted by atomic mass is 32.1. The third-order valence-corrected chi connectivity index (χ3v) is 6.26. The number of esters is 1. The summed E-state index contributed by atoms with van der Waals surface area (Å²) in [6.45, 7) is 3.90. The van der Waals surface area contributed by atoms with E-state index in [0.29, 0.717) is 24.4 Å². The second kappa shape index (κ2) is 9.52. The molecule has 7 heteroatoms. The first kappa shape index (κ1) is 20.1. The van der Waals surface area contributed by atoms with Crippen molar-refractivity contribution in [3.05, 3.63) is 58.3 Å². The molecule has 2 unspecified atom stereocenters. The van der Waals surface area contributed by atoms with Crippen molar-refractivity contribution in [2.45, 2.75) is 31.5 Å². The quantitative estimate of drug-likeness (QED) is 0.681. The Morgan fingerprint density at radius 2 is 2.00 bits per heavy atom. The van der Waals surface area contributed by atoms with Gasteiger partial charge in [-0.05, 0) is 29.9 Å². The second-order valence-corrected chi connectivity index (χ2v) is 8.43. The summed E-state index contributed by atoms with van der Waals surface area (Å²) in [5.41, 5.74) is 1.26. The van der Waals surface area contributed by atoms with E-state index in [1.807, 2.05) is 29.6 Å². The summed E-state index contributed by atoms with van der Waals surface area (Å²) in [5, 5.41) is 1.87. The van der Waals surface area contributed by atoms with Gasteiger partial charge in [0, 0.05) is 26.2 Å². The van der Waals surface area contributed by atoms with E-state index >= 15 is 0 Å². The van der Waals surface area contributed by atoms with Crippen molar-refractivity contribution in [1.82, 2.24) is 9.80 Å². The third-order valence-electron chi connectivity index (χ3n) is 5.40. The molecule has 0 bridgehead atoms. The predicted octanol–water partition coefficient (Wildman–Crippen LogP) is 2.80. The number of nitrogens with zero attached hydrogens (tertiary/aromatic N) is 2. The molecule has 1 aromatic carbocycles. The molecular formula is C22H26N2O4S. The highest BCUT2D eigenvalue weighted by Crippen LogP contribution is 2.23. The van der Waals surface area contributed by atoms with Crippen LogP contribution in [0.15, 0.2) is 47.8 Å². The summed E-state index contributed by atoms with van der Waals surface area (Å²) in [6, 6.07) is 13.5. The maximum Gasteiger partial charge on any atom is 0.328 e. The fourth-order valence-corrected chi connectivity index (χ4v) is 4.61. The summed E-state index contributed by atoms with van der Waals surface area (Å²) in [4.78, 5) is 29.9. The van der Waals surface area contributed by atoms with Gasteiger partial charge in [0.25, 0.3) is 5.91 Å². The number of carbonyl (C=O) groups is 2. The van der Waals surface area contributed by atoms with Crippen LogP contribution in [0.3, 0.4) is 0 Å². The van der Waals surface area contributed by atoms with Crippen molar-refractivity contribution in [3.63, 3.8) is 0 Å². The Balaban J connectivity index is 1.28. The van der Waals surface area contributed by atoms with Crippen molar-refractivity contribution in [3.8, 4) is 0 Å². The smallest absolute Gasteiger partial charge is 0.328 e. The number of hydrogen-bond donors (Lipinski definition) is 0. The molecule has 2 aliphatic rings. The molecular weight excluding hydrogens is 388 g/mol. The topological polar surface area (TPSA) is 59.1 Å². The Morgan fingerprint density at radius 1 is 1.14 bits per heavy atom. The van der Waals surface area contributed by atoms with E-state index in [0.717, 1.165) is 26.1 Å². The highest BCUT2D eigenvalue weighted by Gasteiger charge is 2.36. The van der Waals surface area contributed by atoms with Crippen LogP contribution in [0, 0.1) is 0 Å². The van der Waals surface area contributed by atoms with Crippen LogP contribution in [0.1, 0.15) is 28.1 Å². The number of benzene rings is 1. The minimum atomic E-state index is -0.492. The Morgan fingerprint density at radius 3 is 2.79 bits per heavy atom. The van der Waals surface area contributed by atoms with Gasteiger partial charge in [0.2, 0.25) is 0 Å². The fourth-order valence-electron chi connectivity index (χ4n) is 3.93. The average molecular weight is 415 g/mol. The number of hydrogen-bond acceptors (Lipinski definition) is 6. The lowest BCUT2D eigenvalue weighted by atomic mass is 10.2. The van der Waals surface area contributed by atoms with E-state index < -0.39 is 6.04 Å². The number of morpholine rings is 1. The van der Waals surface area contributed by atoms with Crippen LogP contribution < -0.4 is 0 Å². The van der Waals surface area contributed by atoms with Crippen LogP contribution in [0.25, 0.3) is 0 Å². The zero-order valence-electron chi connectivity index (χ0n) is 16.4. The number of thiophene rings is 1. The molecule has 29 heavy (non-hydrogen) atoms. The van der Waals surface area contributed by atoms with Gasteiger partial charge in [-0.2, -0.15) is 0 Å². The SMILES string of the molecule is O=C(OCC1CN(Cc2ccccc2)CCO1)C1CCCN1C(=O)c1cccs1. The largest absolute Gasteiger partial charge is 0.461 e. The van der Waals surface area contributed by atoms with Crippen LogP contribution in [0.5, 0.6) is 0 Å². The molecule has 4 rings (SSSR count). The van der Waals surface area contributed by atoms with Crippen LogP contribution in [0.2, 0.25) is 0 Å². The highest BCUT2D eigenvalue weighted by molar-refractivity contribution is 7.12. The van der Waals surface area contributed by atoms with E-state index in [9.17, 15) is 9.59 Å². The van der Waals surface area contributed by atoms with Crippen molar-refractivity contribution in [2.24, 2.45) is 0 Å². The molecule has 154 valence electrons. The van der Waals surface area contributed by atoms with Crippen LogP contribution in [-0.4, -0.2) is 66.7 Å². The van der Waals surface area contributed by atoms with Crippen molar-refractivity contribution in [2.75, 3.05) is 32.8 Å². The molecule has 3 heterocycles. The zero-order chi connectivity index (χ0) is 20.1. The first-order valence-electron chi connectivity index (χ1n) is 10.1. The molecule has 2 atom stereocenters. The molecule has 1 aromatic heterocycles. The van der Waals surface area contributed by atoms with Crippen LogP contribution in [-0.2, 0) is 20.8 Å². The number of rotatable bonds is 6. The number of amides is 1. The lowest BCUT2D eigenvalue weighted by Crippen LogP contribution is -2.46. The van der Waals surface area contributed by atoms with Crippen molar-refractivity contribution < 1.29 is 19.1 Å². The maximum atomic E-state index is 12.7. The minimum Gasteiger partial charge on any atom is -0.461 e. The Kier molecular flexibility index (Phi) is 6.59. The molecule has 2 aromatic rings. The molecule has 0 N–H and O–H groups in total. The van der Waals surface area contributed by atoms with Crippen LogP contribution in [0.4, 0.5) is 0 Å². The van der Waals surface area contributed by atoms with Gasteiger partial charge in [-0.15, -0.1) is 11.3 Å². The molecule has 0 saturated carbocycles. The molecule has 1 amide bonds. The van der Waals surface area contributed by atoms with E-state index in [1.54, 1.807) is 11.0 Å². The maximum absolute atomic E-state index is 12.7. The first-order valence-corrected chi connectivity index (χ1v) is 11.0. The Hall–Kier alpha value is -2.22. The zero-order valence-corrected chi connectivity index (χ0v) is 17.2. The second-order valence-electron chi connectivity index (χ2n) is 7.48. The number of ether oxygens (including phenoxy) is 2. The van der Waals surface area contributed by atoms with E-state index in [4.69, 9.17) is 9.47 Å². The molecule has 0 radical (unpaired) electrons. The average Bonchev–Trinajstić information content (AvgIpc) is 3.45. The normalized spacial score (nSPS) is 22.6. The van der Waals surface area contributed by atoms with E-state index in [1.165, 1.54) is 16.9 Å². The summed E-state index contributed by atoms with van der Waals surface area (Å²) in [6.07, 6.45) is 1.34. The van der Waals surface area contributed by atoms with Gasteiger partial charge in [0.1, 0.15) is 18.8 Å². The Bertz CT molecular complexity index is 811. The first-order chi connectivity index (χ1) is 14.2. The molecule has 2 aliphatic heterocycles. The number of carbonyl (C=O) groups excluding carboxylic acids is 2. The molecule has 2 saturated heterocycles. The van der Waals surface area contributed by atoms with E-state index in [2.05, 4.69) is 17.0 Å². The van der Waals surface area contributed by atoms with Crippen LogP contribution >= 0.6 is 11.3 Å². The van der Waals surface area contributed by atoms with Gasteiger partial charge in [-0.3, -0.25) is 9.69 Å². The summed E-state index contributed by atoms with van der Waals surface area (Å²) in [5.74, 6) is -0.404. The van der Waals surface area contributed by atoms with Gasteiger partial charge in [-0.1, -0.05) is 36.4 Å². The lowest BCUT2D eigenvalue weighted by molar-refractivity contribution is -0.155. The van der Waals surface area contributed by atoms with E-state index in [-0.39, 0.29) is 24.6 Å². The fraction of sp³-hybridized carbons (Fsp3) is 0.455. The minimum absolute atomic E-state index is 0.0811. The summed E-state index contributed by atoms with van der Waals surface area (Å²) >= 11 is 1.40. The van der Waals surface area contributed by atoms with Gasteiger partial charge in [-0.25, -0.2) is 4.79 Å². The van der Waals surface area contributed by atoms with Gasteiger partial charge >= 0.3 is 5.97 Å². The molecule has 0 aliphatic carbocycles. The summed E-state index contributed by atoms with van der Waals surface area (Å²) < 4.78 is 11.4. The molecule has 2 fully saturated rings. The molecule has 0 spiro atoms. The van der Waals surface area contributed by atoms with Gasteiger partial charge < -0.3 is 14.4 Å². The standard InChI is InChI=1S/C22H26N2O4S/c25-21(20-9-5-13-29-20)24-10-4-8-19(24)22(26)28-16-18-15-23(11-12-27-18)14-17-6-2-1-3-7-17/h1-3,5-7,9,13,18-19H,4,8,10-12,14-16H2. The lowest BCUT2D eigenvalue weighted by Gasteiger charge is -2.33. The van der Waals surface area contributed by atoms with Crippen molar-refractivity contribution >= 4 is 23.2 Å². The number of likely N-dealkylation sites (tertiary alicyclic amines) is 1. The van der Waals surface area contributed by atoms with Crippen molar-refractivity contribution in [1.29, 1.82) is 0 Å². The molecule has 6 nitrogen and oxygen atoms in total.